The van der Waals surface area contributed by atoms with Gasteiger partial charge in [-0.1, -0.05) is 85.8 Å². The molecular weight excluding hydrogens is 402 g/mol. The molecule has 0 radical (unpaired) electrons. The van der Waals surface area contributed by atoms with Gasteiger partial charge in [-0.3, -0.25) is 14.4 Å². The van der Waals surface area contributed by atoms with Crippen molar-refractivity contribution in [3.05, 3.63) is 107 Å². The third-order valence-electron chi connectivity index (χ3n) is 5.36. The molecule has 32 heavy (non-hydrogen) atoms. The van der Waals surface area contributed by atoms with Crippen LogP contribution in [0.25, 0.3) is 0 Å². The minimum atomic E-state index is -0.602. The first-order valence-electron chi connectivity index (χ1n) is 10.6. The van der Waals surface area contributed by atoms with E-state index in [1.54, 1.807) is 43.3 Å². The summed E-state index contributed by atoms with van der Waals surface area (Å²) in [6.07, 6.45) is 0. The summed E-state index contributed by atoms with van der Waals surface area (Å²) in [5, 5.41) is 2.80. The zero-order valence-corrected chi connectivity index (χ0v) is 18.3. The molecule has 1 N–H and O–H groups in total. The van der Waals surface area contributed by atoms with Gasteiger partial charge in [0.1, 0.15) is 0 Å². The largest absolute Gasteiger partial charge is 0.455 e. The summed E-state index contributed by atoms with van der Waals surface area (Å²) in [6, 6.07) is 25.8. The Hall–Kier alpha value is -3.73. The van der Waals surface area contributed by atoms with Crippen LogP contribution < -0.4 is 5.32 Å². The Kier molecular flexibility index (Phi) is 7.92. The molecule has 0 aliphatic heterocycles. The van der Waals surface area contributed by atoms with Crippen molar-refractivity contribution in [2.24, 2.45) is 0 Å². The van der Waals surface area contributed by atoms with Gasteiger partial charge in [0.15, 0.2) is 12.4 Å². The monoisotopic (exact) mass is 429 g/mol. The molecule has 3 aromatic rings. The molecule has 0 unspecified atom stereocenters. The van der Waals surface area contributed by atoms with Crippen molar-refractivity contribution in [3.63, 3.8) is 0 Å². The van der Waals surface area contributed by atoms with E-state index in [0.717, 1.165) is 5.56 Å². The van der Waals surface area contributed by atoms with E-state index in [1.807, 2.05) is 55.5 Å². The number of hydrogen-bond acceptors (Lipinski definition) is 4. The summed E-state index contributed by atoms with van der Waals surface area (Å²) in [6.45, 7) is 3.84. The zero-order valence-electron chi connectivity index (χ0n) is 18.3. The lowest BCUT2D eigenvalue weighted by Gasteiger charge is -2.15. The summed E-state index contributed by atoms with van der Waals surface area (Å²) in [5.41, 5.74) is 2.88. The van der Waals surface area contributed by atoms with Gasteiger partial charge in [-0.15, -0.1) is 0 Å². The summed E-state index contributed by atoms with van der Waals surface area (Å²) < 4.78 is 5.21. The van der Waals surface area contributed by atoms with E-state index >= 15 is 0 Å². The lowest BCUT2D eigenvalue weighted by Crippen LogP contribution is -2.32. The Morgan fingerprint density at radius 3 is 2.06 bits per heavy atom. The Balaban J connectivity index is 1.52. The molecule has 0 aliphatic carbocycles. The second kappa shape index (κ2) is 11.0. The second-order valence-electron chi connectivity index (χ2n) is 7.77. The molecule has 3 rings (SSSR count). The van der Waals surface area contributed by atoms with Crippen LogP contribution in [-0.4, -0.2) is 30.8 Å². The Morgan fingerprint density at radius 1 is 0.781 bits per heavy atom. The molecule has 1 amide bonds. The normalized spacial score (nSPS) is 12.4. The first kappa shape index (κ1) is 22.9. The highest BCUT2D eigenvalue weighted by atomic mass is 16.5. The summed E-state index contributed by atoms with van der Waals surface area (Å²) in [5.74, 6) is -1.42. The molecule has 0 aromatic heterocycles. The highest BCUT2D eigenvalue weighted by Gasteiger charge is 2.20. The van der Waals surface area contributed by atoms with Crippen LogP contribution in [0.15, 0.2) is 84.9 Å². The Morgan fingerprint density at radius 2 is 1.38 bits per heavy atom. The molecule has 0 fully saturated rings. The summed E-state index contributed by atoms with van der Waals surface area (Å²) in [7, 11) is 0. The molecule has 0 heterocycles. The first-order chi connectivity index (χ1) is 15.5. The van der Waals surface area contributed by atoms with Crippen LogP contribution in [0.2, 0.25) is 0 Å². The molecule has 0 bridgehead atoms. The number of carbonyl (C=O) groups is 3. The lowest BCUT2D eigenvalue weighted by molar-refractivity contribution is -0.149. The molecule has 0 aliphatic rings. The first-order valence-corrected chi connectivity index (χ1v) is 10.6. The SMILES string of the molecule is C[C@H](C(=O)OCC(=O)NC[C@H](C)c1ccccc1)c1cccc(C(=O)c2ccccc2)c1. The van der Waals surface area contributed by atoms with Gasteiger partial charge in [0.25, 0.3) is 5.91 Å². The maximum atomic E-state index is 12.7. The van der Waals surface area contributed by atoms with Gasteiger partial charge in [-0.25, -0.2) is 0 Å². The number of ketones is 1. The topological polar surface area (TPSA) is 72.5 Å². The molecule has 0 saturated carbocycles. The molecule has 5 nitrogen and oxygen atoms in total. The number of amides is 1. The van der Waals surface area contributed by atoms with Crippen molar-refractivity contribution in [2.75, 3.05) is 13.2 Å². The number of nitrogens with one attached hydrogen (secondary N) is 1. The van der Waals surface area contributed by atoms with E-state index in [-0.39, 0.29) is 24.2 Å². The number of benzene rings is 3. The van der Waals surface area contributed by atoms with Crippen LogP contribution in [0.3, 0.4) is 0 Å². The van der Waals surface area contributed by atoms with Gasteiger partial charge >= 0.3 is 5.97 Å². The smallest absolute Gasteiger partial charge is 0.313 e. The van der Waals surface area contributed by atoms with Crippen molar-refractivity contribution in [2.45, 2.75) is 25.7 Å². The van der Waals surface area contributed by atoms with Crippen molar-refractivity contribution in [3.8, 4) is 0 Å². The Labute approximate surface area is 188 Å². The van der Waals surface area contributed by atoms with Gasteiger partial charge in [0.2, 0.25) is 0 Å². The number of carbonyl (C=O) groups excluding carboxylic acids is 3. The fourth-order valence-electron chi connectivity index (χ4n) is 3.32. The van der Waals surface area contributed by atoms with Gasteiger partial charge in [0.05, 0.1) is 5.92 Å². The predicted octanol–water partition coefficient (Wildman–Crippen LogP) is 4.48. The third kappa shape index (κ3) is 6.14. The van der Waals surface area contributed by atoms with Crippen LogP contribution in [-0.2, 0) is 14.3 Å². The van der Waals surface area contributed by atoms with Crippen molar-refractivity contribution >= 4 is 17.7 Å². The van der Waals surface area contributed by atoms with E-state index < -0.39 is 11.9 Å². The standard InChI is InChI=1S/C27H27NO4/c1-19(21-10-5-3-6-11-21)17-28-25(29)18-32-27(31)20(2)23-14-9-15-24(16-23)26(30)22-12-7-4-8-13-22/h3-16,19-20H,17-18H2,1-2H3,(H,28,29)/t19-,20-/m0/s1. The maximum Gasteiger partial charge on any atom is 0.313 e. The van der Waals surface area contributed by atoms with Crippen LogP contribution in [0.4, 0.5) is 0 Å². The van der Waals surface area contributed by atoms with E-state index in [4.69, 9.17) is 4.74 Å². The maximum absolute atomic E-state index is 12.7. The van der Waals surface area contributed by atoms with E-state index in [9.17, 15) is 14.4 Å². The quantitative estimate of drug-likeness (QED) is 0.402. The highest BCUT2D eigenvalue weighted by molar-refractivity contribution is 6.09. The van der Waals surface area contributed by atoms with Crippen molar-refractivity contribution < 1.29 is 19.1 Å². The molecular formula is C27H27NO4. The van der Waals surface area contributed by atoms with Gasteiger partial charge in [-0.2, -0.15) is 0 Å². The fraction of sp³-hybridized carbons (Fsp3) is 0.222. The van der Waals surface area contributed by atoms with Gasteiger partial charge in [-0.05, 0) is 30.0 Å². The van der Waals surface area contributed by atoms with E-state index in [1.165, 1.54) is 0 Å². The second-order valence-corrected chi connectivity index (χ2v) is 7.77. The average molecular weight is 430 g/mol. The third-order valence-corrected chi connectivity index (χ3v) is 5.36. The highest BCUT2D eigenvalue weighted by Crippen LogP contribution is 2.20. The Bertz CT molecular complexity index is 1060. The van der Waals surface area contributed by atoms with E-state index in [0.29, 0.717) is 23.2 Å². The molecule has 2 atom stereocenters. The number of hydrogen-bond donors (Lipinski definition) is 1. The van der Waals surface area contributed by atoms with Crippen LogP contribution >= 0.6 is 0 Å². The predicted molar refractivity (Wildman–Crippen MR) is 124 cm³/mol. The molecule has 164 valence electrons. The van der Waals surface area contributed by atoms with Crippen LogP contribution in [0.5, 0.6) is 0 Å². The molecule has 3 aromatic carbocycles. The zero-order chi connectivity index (χ0) is 22.9. The number of rotatable bonds is 9. The van der Waals surface area contributed by atoms with Gasteiger partial charge < -0.3 is 10.1 Å². The van der Waals surface area contributed by atoms with Crippen LogP contribution in [0, 0.1) is 0 Å². The lowest BCUT2D eigenvalue weighted by atomic mass is 9.96. The summed E-state index contributed by atoms with van der Waals surface area (Å²) in [4.78, 5) is 37.2. The number of ether oxygens (including phenoxy) is 1. The molecule has 0 saturated heterocycles. The minimum absolute atomic E-state index is 0.111. The van der Waals surface area contributed by atoms with Gasteiger partial charge in [0, 0.05) is 17.7 Å². The molecule has 5 heteroatoms. The average Bonchev–Trinajstić information content (AvgIpc) is 2.86. The van der Waals surface area contributed by atoms with E-state index in [2.05, 4.69) is 5.32 Å². The van der Waals surface area contributed by atoms with Crippen LogP contribution in [0.1, 0.15) is 52.7 Å². The van der Waals surface area contributed by atoms with Crippen molar-refractivity contribution in [1.29, 1.82) is 0 Å². The summed E-state index contributed by atoms with van der Waals surface area (Å²) >= 11 is 0. The molecule has 0 spiro atoms. The fourth-order valence-corrected chi connectivity index (χ4v) is 3.32. The minimum Gasteiger partial charge on any atom is -0.455 e. The van der Waals surface area contributed by atoms with Crippen molar-refractivity contribution in [1.82, 2.24) is 5.32 Å². The number of esters is 1.